The summed E-state index contributed by atoms with van der Waals surface area (Å²) in [5, 5.41) is 4.00. The summed E-state index contributed by atoms with van der Waals surface area (Å²) in [5.74, 6) is 0.453. The summed E-state index contributed by atoms with van der Waals surface area (Å²) in [6.45, 7) is 4.64. The van der Waals surface area contributed by atoms with Crippen LogP contribution in [0.4, 0.5) is 0 Å². The van der Waals surface area contributed by atoms with E-state index in [-0.39, 0.29) is 23.8 Å². The van der Waals surface area contributed by atoms with Crippen LogP contribution < -0.4 is 10.1 Å². The molecule has 0 aromatic carbocycles. The minimum absolute atomic E-state index is 0.0108. The first-order valence-corrected chi connectivity index (χ1v) is 8.44. The van der Waals surface area contributed by atoms with Crippen molar-refractivity contribution in [3.8, 4) is 5.06 Å². The van der Waals surface area contributed by atoms with Gasteiger partial charge < -0.3 is 10.1 Å². The molecule has 2 unspecified atom stereocenters. The maximum absolute atomic E-state index is 12.3. The lowest BCUT2D eigenvalue weighted by Gasteiger charge is -2.12. The van der Waals surface area contributed by atoms with Crippen LogP contribution in [-0.4, -0.2) is 17.5 Å². The molecule has 22 heavy (non-hydrogen) atoms. The summed E-state index contributed by atoms with van der Waals surface area (Å²) >= 11 is 1.59. The molecule has 5 heteroatoms. The molecule has 116 valence electrons. The lowest BCUT2D eigenvalue weighted by molar-refractivity contribution is -0.123. The van der Waals surface area contributed by atoms with Crippen LogP contribution >= 0.6 is 11.3 Å². The first-order chi connectivity index (χ1) is 10.7. The second-order valence-corrected chi connectivity index (χ2v) is 6.60. The van der Waals surface area contributed by atoms with E-state index in [0.717, 1.165) is 22.1 Å². The fourth-order valence-electron chi connectivity index (χ4n) is 2.59. The van der Waals surface area contributed by atoms with Gasteiger partial charge in [-0.3, -0.25) is 9.78 Å². The minimum atomic E-state index is 0.0108. The maximum atomic E-state index is 12.3. The van der Waals surface area contributed by atoms with E-state index in [0.29, 0.717) is 6.61 Å². The topological polar surface area (TPSA) is 51.2 Å². The zero-order chi connectivity index (χ0) is 15.5. The van der Waals surface area contributed by atoms with Gasteiger partial charge in [0, 0.05) is 28.6 Å². The summed E-state index contributed by atoms with van der Waals surface area (Å²) in [6, 6.07) is 9.85. The van der Waals surface area contributed by atoms with E-state index in [2.05, 4.69) is 10.3 Å². The van der Waals surface area contributed by atoms with Crippen LogP contribution in [0, 0.1) is 5.92 Å². The Balaban J connectivity index is 1.56. The number of thiophene rings is 1. The van der Waals surface area contributed by atoms with E-state index in [9.17, 15) is 4.79 Å². The highest BCUT2D eigenvalue weighted by molar-refractivity contribution is 7.13. The Hall–Kier alpha value is -1.88. The van der Waals surface area contributed by atoms with Crippen molar-refractivity contribution in [3.05, 3.63) is 47.1 Å². The molecule has 1 aliphatic carbocycles. The highest BCUT2D eigenvalue weighted by Crippen LogP contribution is 2.47. The van der Waals surface area contributed by atoms with Crippen LogP contribution in [0.5, 0.6) is 5.06 Å². The summed E-state index contributed by atoms with van der Waals surface area (Å²) in [6.07, 6.45) is 2.68. The van der Waals surface area contributed by atoms with E-state index in [1.54, 1.807) is 17.5 Å². The van der Waals surface area contributed by atoms with Gasteiger partial charge in [0.15, 0.2) is 5.06 Å². The fourth-order valence-corrected chi connectivity index (χ4v) is 3.50. The Bertz CT molecular complexity index is 641. The van der Waals surface area contributed by atoms with E-state index >= 15 is 0 Å². The number of pyridine rings is 1. The molecule has 2 aromatic rings. The summed E-state index contributed by atoms with van der Waals surface area (Å²) < 4.78 is 5.47. The van der Waals surface area contributed by atoms with Gasteiger partial charge in [-0.2, -0.15) is 0 Å². The molecular weight excluding hydrogens is 296 g/mol. The average molecular weight is 316 g/mol. The number of carbonyl (C=O) groups excluding carboxylic acids is 1. The van der Waals surface area contributed by atoms with Gasteiger partial charge in [-0.15, -0.1) is 11.3 Å². The Morgan fingerprint density at radius 2 is 2.32 bits per heavy atom. The molecule has 1 N–H and O–H groups in total. The number of rotatable bonds is 6. The SMILES string of the molecule is CCOc1ccc([C@@H](C)NC(=O)C2CC2c2ccccn2)s1. The molecular formula is C17H20N2O2S. The van der Waals surface area contributed by atoms with Gasteiger partial charge in [0.05, 0.1) is 12.6 Å². The molecule has 1 fully saturated rings. The lowest BCUT2D eigenvalue weighted by Crippen LogP contribution is -2.28. The van der Waals surface area contributed by atoms with Crippen molar-refractivity contribution in [1.82, 2.24) is 10.3 Å². The quantitative estimate of drug-likeness (QED) is 0.887. The predicted molar refractivity (Wildman–Crippen MR) is 87.1 cm³/mol. The Kier molecular flexibility index (Phi) is 4.43. The number of nitrogens with one attached hydrogen (secondary N) is 1. The molecule has 1 saturated carbocycles. The van der Waals surface area contributed by atoms with Crippen molar-refractivity contribution >= 4 is 17.2 Å². The Labute approximate surface area is 134 Å². The largest absolute Gasteiger partial charge is 0.484 e. The van der Waals surface area contributed by atoms with Gasteiger partial charge in [0.1, 0.15) is 0 Å². The first kappa shape index (κ1) is 15.0. The Morgan fingerprint density at radius 3 is 3.05 bits per heavy atom. The molecule has 2 heterocycles. The first-order valence-electron chi connectivity index (χ1n) is 7.63. The van der Waals surface area contributed by atoms with Crippen LogP contribution in [0.1, 0.15) is 42.8 Å². The van der Waals surface area contributed by atoms with Gasteiger partial charge >= 0.3 is 0 Å². The highest BCUT2D eigenvalue weighted by atomic mass is 32.1. The van der Waals surface area contributed by atoms with Crippen LogP contribution in [0.3, 0.4) is 0 Å². The van der Waals surface area contributed by atoms with E-state index < -0.39 is 0 Å². The van der Waals surface area contributed by atoms with Crippen LogP contribution in [-0.2, 0) is 4.79 Å². The van der Waals surface area contributed by atoms with Crippen molar-refractivity contribution in [2.45, 2.75) is 32.2 Å². The van der Waals surface area contributed by atoms with Gasteiger partial charge in [-0.05, 0) is 44.5 Å². The van der Waals surface area contributed by atoms with Crippen molar-refractivity contribution in [2.24, 2.45) is 5.92 Å². The predicted octanol–water partition coefficient (Wildman–Crippen LogP) is 3.52. The second kappa shape index (κ2) is 6.48. The lowest BCUT2D eigenvalue weighted by atomic mass is 10.2. The minimum Gasteiger partial charge on any atom is -0.484 e. The molecule has 0 bridgehead atoms. The molecule has 1 aliphatic rings. The zero-order valence-electron chi connectivity index (χ0n) is 12.8. The molecule has 1 amide bonds. The molecule has 3 atom stereocenters. The fraction of sp³-hybridized carbons (Fsp3) is 0.412. The standard InChI is InChI=1S/C17H20N2O2S/c1-3-21-16-8-7-15(22-16)11(2)19-17(20)13-10-12(13)14-6-4-5-9-18-14/h4-9,11-13H,3,10H2,1-2H3,(H,19,20)/t11-,12?,13?/m1/s1. The third-order valence-electron chi connectivity index (χ3n) is 3.87. The summed E-state index contributed by atoms with van der Waals surface area (Å²) in [4.78, 5) is 17.8. The van der Waals surface area contributed by atoms with E-state index in [4.69, 9.17) is 4.74 Å². The van der Waals surface area contributed by atoms with Crippen molar-refractivity contribution < 1.29 is 9.53 Å². The van der Waals surface area contributed by atoms with Gasteiger partial charge in [0.25, 0.3) is 0 Å². The van der Waals surface area contributed by atoms with Gasteiger partial charge in [-0.25, -0.2) is 0 Å². The van der Waals surface area contributed by atoms with Crippen LogP contribution in [0.15, 0.2) is 36.5 Å². The van der Waals surface area contributed by atoms with Gasteiger partial charge in [-0.1, -0.05) is 6.07 Å². The number of hydrogen-bond donors (Lipinski definition) is 1. The third-order valence-corrected chi connectivity index (χ3v) is 5.05. The monoisotopic (exact) mass is 316 g/mol. The summed E-state index contributed by atoms with van der Waals surface area (Å²) in [5.41, 5.74) is 1.02. The molecule has 4 nitrogen and oxygen atoms in total. The van der Waals surface area contributed by atoms with Crippen molar-refractivity contribution in [1.29, 1.82) is 0 Å². The second-order valence-electron chi connectivity index (χ2n) is 5.52. The highest BCUT2D eigenvalue weighted by Gasteiger charge is 2.45. The number of amides is 1. The number of hydrogen-bond acceptors (Lipinski definition) is 4. The molecule has 2 aromatic heterocycles. The smallest absolute Gasteiger partial charge is 0.224 e. The summed E-state index contributed by atoms with van der Waals surface area (Å²) in [7, 11) is 0. The normalized spacial score (nSPS) is 21.2. The van der Waals surface area contributed by atoms with Crippen molar-refractivity contribution in [2.75, 3.05) is 6.61 Å². The number of ether oxygens (including phenoxy) is 1. The molecule has 0 saturated heterocycles. The van der Waals surface area contributed by atoms with E-state index in [1.165, 1.54) is 0 Å². The zero-order valence-corrected chi connectivity index (χ0v) is 13.6. The number of nitrogens with zero attached hydrogens (tertiary/aromatic N) is 1. The van der Waals surface area contributed by atoms with Gasteiger partial charge in [0.2, 0.25) is 5.91 Å². The maximum Gasteiger partial charge on any atom is 0.224 e. The Morgan fingerprint density at radius 1 is 1.45 bits per heavy atom. The third kappa shape index (κ3) is 3.30. The van der Waals surface area contributed by atoms with Crippen molar-refractivity contribution in [3.63, 3.8) is 0 Å². The number of carbonyl (C=O) groups is 1. The molecule has 3 rings (SSSR count). The molecule has 0 aliphatic heterocycles. The molecule has 0 spiro atoms. The average Bonchev–Trinajstić information content (AvgIpc) is 3.20. The van der Waals surface area contributed by atoms with E-state index in [1.807, 2.05) is 44.2 Å². The molecule has 0 radical (unpaired) electrons. The van der Waals surface area contributed by atoms with Crippen LogP contribution in [0.25, 0.3) is 0 Å². The number of aromatic nitrogens is 1. The van der Waals surface area contributed by atoms with Crippen LogP contribution in [0.2, 0.25) is 0 Å².